The first-order valence-corrected chi connectivity index (χ1v) is 13.3. The van der Waals surface area contributed by atoms with Gasteiger partial charge in [0.05, 0.1) is 31.5 Å². The summed E-state index contributed by atoms with van der Waals surface area (Å²) >= 11 is 0. The van der Waals surface area contributed by atoms with Crippen LogP contribution in [0.15, 0.2) is 24.3 Å². The summed E-state index contributed by atoms with van der Waals surface area (Å²) < 4.78 is 27.4. The summed E-state index contributed by atoms with van der Waals surface area (Å²) in [5.41, 5.74) is -0.0896. The van der Waals surface area contributed by atoms with Gasteiger partial charge in [-0.25, -0.2) is 0 Å². The van der Waals surface area contributed by atoms with Gasteiger partial charge in [0.15, 0.2) is 12.1 Å². The van der Waals surface area contributed by atoms with Gasteiger partial charge in [-0.1, -0.05) is 0 Å². The molecule has 2 aliphatic heterocycles. The third kappa shape index (κ3) is 5.49. The van der Waals surface area contributed by atoms with E-state index in [0.29, 0.717) is 5.56 Å². The standard InChI is InChI=1S/C28H32O15/c1-9-3-11-17(13(30)4-9)22(34)18-12(19(11)31)5-10(39-2)6-14(18)41-28-26(38)24(36)21(33)16(43-28)8-40-27-25(37)23(35)20(32)15(7-29)42-27/h3-6,15-16,20-21,23-30,32-33,35-38H,7-8H2,1-2H3/t15-,16-,20-,21-,23+,24+,25-,26-,27+,28+/m1/s1. The number of hydrogen-bond acceptors (Lipinski definition) is 15. The first-order chi connectivity index (χ1) is 20.4. The topological polar surface area (TPSA) is 242 Å². The molecule has 8 N–H and O–H groups in total. The normalized spacial score (nSPS) is 34.0. The highest BCUT2D eigenvalue weighted by molar-refractivity contribution is 6.30. The number of ether oxygens (including phenoxy) is 5. The summed E-state index contributed by atoms with van der Waals surface area (Å²) in [7, 11) is 1.31. The number of aliphatic hydroxyl groups excluding tert-OH is 7. The lowest BCUT2D eigenvalue weighted by atomic mass is 9.82. The molecule has 5 rings (SSSR count). The van der Waals surface area contributed by atoms with Crippen molar-refractivity contribution in [1.82, 2.24) is 0 Å². The molecule has 43 heavy (non-hydrogen) atoms. The van der Waals surface area contributed by atoms with E-state index in [-0.39, 0.29) is 33.8 Å². The predicted molar refractivity (Wildman–Crippen MR) is 140 cm³/mol. The van der Waals surface area contributed by atoms with Crippen LogP contribution in [0.25, 0.3) is 0 Å². The average Bonchev–Trinajstić information content (AvgIpc) is 2.98. The molecule has 2 aromatic carbocycles. The average molecular weight is 609 g/mol. The Kier molecular flexibility index (Phi) is 8.75. The maximum Gasteiger partial charge on any atom is 0.229 e. The van der Waals surface area contributed by atoms with Crippen molar-refractivity contribution in [3.63, 3.8) is 0 Å². The van der Waals surface area contributed by atoms with Crippen LogP contribution in [-0.4, -0.2) is 134 Å². The van der Waals surface area contributed by atoms with E-state index < -0.39 is 91.9 Å². The number of benzene rings is 2. The summed E-state index contributed by atoms with van der Waals surface area (Å²) in [6.45, 7) is 0.330. The minimum atomic E-state index is -1.88. The van der Waals surface area contributed by atoms with E-state index in [1.54, 1.807) is 6.92 Å². The Morgan fingerprint density at radius 1 is 0.744 bits per heavy atom. The molecule has 0 amide bonds. The van der Waals surface area contributed by atoms with Crippen molar-refractivity contribution in [2.24, 2.45) is 0 Å². The number of fused-ring (bicyclic) bond motifs is 2. The molecule has 10 atom stereocenters. The highest BCUT2D eigenvalue weighted by Crippen LogP contribution is 2.41. The fraction of sp³-hybridized carbons (Fsp3) is 0.500. The first kappa shape index (κ1) is 31.2. The molecule has 2 fully saturated rings. The largest absolute Gasteiger partial charge is 0.507 e. The van der Waals surface area contributed by atoms with Crippen LogP contribution < -0.4 is 9.47 Å². The lowest BCUT2D eigenvalue weighted by molar-refractivity contribution is -0.323. The van der Waals surface area contributed by atoms with E-state index >= 15 is 0 Å². The van der Waals surface area contributed by atoms with Crippen LogP contribution in [0.1, 0.15) is 37.4 Å². The monoisotopic (exact) mass is 608 g/mol. The van der Waals surface area contributed by atoms with Crippen LogP contribution in [0, 0.1) is 6.92 Å². The molecular formula is C28H32O15. The number of carbonyl (C=O) groups is 2. The van der Waals surface area contributed by atoms with Crippen molar-refractivity contribution >= 4 is 11.6 Å². The van der Waals surface area contributed by atoms with E-state index in [1.807, 2.05) is 0 Å². The van der Waals surface area contributed by atoms with E-state index in [0.717, 1.165) is 0 Å². The Bertz CT molecular complexity index is 1390. The quantitative estimate of drug-likeness (QED) is 0.138. The van der Waals surface area contributed by atoms with Gasteiger partial charge in [0, 0.05) is 17.2 Å². The van der Waals surface area contributed by atoms with Crippen molar-refractivity contribution in [1.29, 1.82) is 0 Å². The Labute approximate surface area is 244 Å². The third-order valence-corrected chi connectivity index (χ3v) is 7.70. The molecule has 0 spiro atoms. The van der Waals surface area contributed by atoms with Crippen LogP contribution in [0.3, 0.4) is 0 Å². The van der Waals surface area contributed by atoms with Crippen molar-refractivity contribution in [3.05, 3.63) is 52.1 Å². The molecule has 0 saturated carbocycles. The van der Waals surface area contributed by atoms with Gasteiger partial charge in [-0.2, -0.15) is 0 Å². The minimum absolute atomic E-state index is 0.0212. The van der Waals surface area contributed by atoms with Gasteiger partial charge < -0.3 is 64.5 Å². The molecule has 0 radical (unpaired) electrons. The number of rotatable bonds is 7. The van der Waals surface area contributed by atoms with Crippen molar-refractivity contribution in [2.75, 3.05) is 20.3 Å². The number of carbonyl (C=O) groups excluding carboxylic acids is 2. The second-order valence-electron chi connectivity index (χ2n) is 10.6. The van der Waals surface area contributed by atoms with Gasteiger partial charge in [-0.15, -0.1) is 0 Å². The Hall–Kier alpha value is -3.22. The second kappa shape index (κ2) is 12.0. The molecule has 234 valence electrons. The van der Waals surface area contributed by atoms with Crippen LogP contribution in [0.2, 0.25) is 0 Å². The van der Waals surface area contributed by atoms with Crippen molar-refractivity contribution in [3.8, 4) is 17.2 Å². The molecule has 15 heteroatoms. The number of phenolic OH excluding ortho intramolecular Hbond substituents is 1. The Morgan fingerprint density at radius 3 is 2.00 bits per heavy atom. The predicted octanol–water partition coefficient (Wildman–Crippen LogP) is -2.51. The van der Waals surface area contributed by atoms with Crippen LogP contribution >= 0.6 is 0 Å². The maximum absolute atomic E-state index is 13.6. The summed E-state index contributed by atoms with van der Waals surface area (Å²) in [5, 5.41) is 81.8. The minimum Gasteiger partial charge on any atom is -0.507 e. The molecule has 0 aromatic heterocycles. The van der Waals surface area contributed by atoms with Crippen LogP contribution in [-0.2, 0) is 14.2 Å². The third-order valence-electron chi connectivity index (χ3n) is 7.70. The zero-order valence-corrected chi connectivity index (χ0v) is 22.9. The summed E-state index contributed by atoms with van der Waals surface area (Å²) in [6.07, 6.45) is -16.7. The van der Waals surface area contributed by atoms with E-state index in [2.05, 4.69) is 0 Å². The molecular weight excluding hydrogens is 576 g/mol. The zero-order chi connectivity index (χ0) is 31.3. The molecule has 15 nitrogen and oxygen atoms in total. The summed E-state index contributed by atoms with van der Waals surface area (Å²) in [5.74, 6) is -1.96. The molecule has 3 aliphatic rings. The SMILES string of the molecule is COc1cc(O[C@H]2O[C@H](CO[C@H]3O[C@H](CO)[C@@H](O)[C@H](O)[C@H]3O)[C@@H](O)[C@H](O)[C@H]2O)c2c(c1)C(=O)c1cc(C)cc(O)c1C2=O. The van der Waals surface area contributed by atoms with E-state index in [1.165, 1.54) is 31.4 Å². The fourth-order valence-electron chi connectivity index (χ4n) is 5.34. The van der Waals surface area contributed by atoms with E-state index in [9.17, 15) is 50.4 Å². The number of methoxy groups -OCH3 is 1. The Morgan fingerprint density at radius 2 is 1.35 bits per heavy atom. The van der Waals surface area contributed by atoms with Gasteiger partial charge in [-0.05, 0) is 30.7 Å². The number of phenols is 1. The number of hydrogen-bond donors (Lipinski definition) is 8. The highest BCUT2D eigenvalue weighted by Gasteiger charge is 2.48. The molecule has 1 aliphatic carbocycles. The molecule has 0 bridgehead atoms. The first-order valence-electron chi connectivity index (χ1n) is 13.3. The van der Waals surface area contributed by atoms with Gasteiger partial charge in [0.2, 0.25) is 12.1 Å². The lowest BCUT2D eigenvalue weighted by Gasteiger charge is -2.42. The van der Waals surface area contributed by atoms with Crippen molar-refractivity contribution < 1.29 is 74.1 Å². The molecule has 2 heterocycles. The number of ketones is 2. The summed E-state index contributed by atoms with van der Waals surface area (Å²) in [4.78, 5) is 27.0. The maximum atomic E-state index is 13.6. The van der Waals surface area contributed by atoms with E-state index in [4.69, 9.17) is 23.7 Å². The number of aryl methyl sites for hydroxylation is 1. The van der Waals surface area contributed by atoms with Crippen LogP contribution in [0.4, 0.5) is 0 Å². The van der Waals surface area contributed by atoms with Gasteiger partial charge in [-0.3, -0.25) is 9.59 Å². The summed E-state index contributed by atoms with van der Waals surface area (Å²) in [6, 6.07) is 5.35. The number of aliphatic hydroxyl groups is 7. The number of aromatic hydroxyl groups is 1. The highest BCUT2D eigenvalue weighted by atomic mass is 16.7. The smallest absolute Gasteiger partial charge is 0.229 e. The van der Waals surface area contributed by atoms with Crippen molar-refractivity contribution in [2.45, 2.75) is 68.3 Å². The van der Waals surface area contributed by atoms with Gasteiger partial charge in [0.25, 0.3) is 0 Å². The molecule has 2 saturated heterocycles. The Balaban J connectivity index is 1.41. The zero-order valence-electron chi connectivity index (χ0n) is 22.9. The van der Waals surface area contributed by atoms with Crippen LogP contribution in [0.5, 0.6) is 17.2 Å². The molecule has 0 unspecified atom stereocenters. The second-order valence-corrected chi connectivity index (χ2v) is 10.6. The lowest BCUT2D eigenvalue weighted by Crippen LogP contribution is -2.62. The molecule has 2 aromatic rings. The van der Waals surface area contributed by atoms with Gasteiger partial charge >= 0.3 is 0 Å². The fourth-order valence-corrected chi connectivity index (χ4v) is 5.34. The van der Waals surface area contributed by atoms with Gasteiger partial charge in [0.1, 0.15) is 66.1 Å².